The van der Waals surface area contributed by atoms with Gasteiger partial charge in [0.25, 0.3) is 0 Å². The van der Waals surface area contributed by atoms with Crippen molar-refractivity contribution in [1.29, 1.82) is 0 Å². The second-order valence-electron chi connectivity index (χ2n) is 0.362. The van der Waals surface area contributed by atoms with E-state index < -0.39 is 0 Å². The molecule has 0 aromatic heterocycles. The molecule has 0 bridgehead atoms. The van der Waals surface area contributed by atoms with Gasteiger partial charge in [0, 0.05) is 6.92 Å². The fourth-order valence-electron chi connectivity index (χ4n) is 0. The van der Waals surface area contributed by atoms with E-state index in [9.17, 15) is 0 Å². The third-order valence-electron chi connectivity index (χ3n) is 0.112. The van der Waals surface area contributed by atoms with Gasteiger partial charge in [-0.1, -0.05) is 5.92 Å². The number of aliphatic hydroxyl groups is 1. The zero-order valence-electron chi connectivity index (χ0n) is 2.45. The van der Waals surface area contributed by atoms with Crippen molar-refractivity contribution in [2.75, 3.05) is 0 Å². The van der Waals surface area contributed by atoms with Gasteiger partial charge in [-0.05, 0) is 0 Å². The molecule has 0 amide bonds. The first-order valence-corrected chi connectivity index (χ1v) is 0.974. The van der Waals surface area contributed by atoms with Crippen LogP contribution in [0, 0.1) is 12.0 Å². The summed E-state index contributed by atoms with van der Waals surface area (Å²) in [6, 6.07) is 0. The number of hydrogen-bond donors (Lipinski definition) is 1. The maximum atomic E-state index is 7.51. The molecule has 0 heterocycles. The Labute approximate surface area is 25.3 Å². The van der Waals surface area contributed by atoms with E-state index in [0.29, 0.717) is 0 Å². The van der Waals surface area contributed by atoms with Crippen LogP contribution in [0.4, 0.5) is 0 Å². The van der Waals surface area contributed by atoms with Crippen LogP contribution in [0.5, 0.6) is 0 Å². The summed E-state index contributed by atoms with van der Waals surface area (Å²) in [5.74, 6) is 2.24. The second-order valence-corrected chi connectivity index (χ2v) is 0.362. The Morgan fingerprint density at radius 2 is 2.00 bits per heavy atom. The molecule has 1 heteroatoms. The summed E-state index contributed by atoms with van der Waals surface area (Å²) in [4.78, 5) is 0. The van der Waals surface area contributed by atoms with Crippen LogP contribution in [0.15, 0.2) is 0 Å². The highest BCUT2D eigenvalue weighted by Crippen LogP contribution is 1.33. The minimum atomic E-state index is 1.57. The van der Waals surface area contributed by atoms with Gasteiger partial charge >= 0.3 is 0 Å². The quantitative estimate of drug-likeness (QED) is 0.397. The lowest BCUT2D eigenvalue weighted by Crippen LogP contribution is -1.38. The van der Waals surface area contributed by atoms with Crippen molar-refractivity contribution in [3.8, 4) is 12.0 Å². The lowest BCUT2D eigenvalue weighted by atomic mass is 10.8. The first-order valence-electron chi connectivity index (χ1n) is 0.974. The van der Waals surface area contributed by atoms with Gasteiger partial charge in [-0.25, -0.2) is 0 Å². The van der Waals surface area contributed by atoms with Crippen LogP contribution in [0.3, 0.4) is 0 Å². The van der Waals surface area contributed by atoms with E-state index in [1.165, 1.54) is 0 Å². The molecule has 22 valence electrons. The van der Waals surface area contributed by atoms with Crippen molar-refractivity contribution in [2.24, 2.45) is 0 Å². The highest BCUT2D eigenvalue weighted by molar-refractivity contribution is 4.81. The van der Waals surface area contributed by atoms with Crippen molar-refractivity contribution < 1.29 is 5.11 Å². The molecule has 4 heavy (non-hydrogen) atoms. The highest BCUT2D eigenvalue weighted by Gasteiger charge is 1.28. The molecule has 0 spiro atoms. The van der Waals surface area contributed by atoms with Crippen LogP contribution < -0.4 is 0 Å². The molecule has 0 aromatic rings. The van der Waals surface area contributed by atoms with E-state index >= 15 is 0 Å². The first kappa shape index (κ1) is 3.36. The molecule has 0 aliphatic rings. The summed E-state index contributed by atoms with van der Waals surface area (Å²) in [5.41, 5.74) is 0. The molecular formula is C3H4O. The van der Waals surface area contributed by atoms with E-state index in [1.807, 2.05) is 0 Å². The monoisotopic (exact) mass is 56.0 g/mol. The number of rotatable bonds is 0. The van der Waals surface area contributed by atoms with Gasteiger partial charge in [-0.15, -0.1) is 0 Å². The molecule has 0 saturated carbocycles. The Kier molecular flexibility index (Phi) is 1.98. The predicted octanol–water partition coefficient (Wildman–Crippen LogP) is 0.340. The Morgan fingerprint density at radius 1 is 1.75 bits per heavy atom. The van der Waals surface area contributed by atoms with Crippen LogP contribution in [0.1, 0.15) is 6.92 Å². The average molecular weight is 56.1 g/mol. The molecule has 0 aromatic carbocycles. The Hall–Kier alpha value is -0.640. The van der Waals surface area contributed by atoms with Crippen LogP contribution >= 0.6 is 0 Å². The molecule has 0 rings (SSSR count). The first-order chi connectivity index (χ1) is 1.91. The van der Waals surface area contributed by atoms with Gasteiger partial charge in [0.2, 0.25) is 0 Å². The number of hydrogen-bond acceptors (Lipinski definition) is 1. The molecule has 0 saturated heterocycles. The maximum absolute atomic E-state index is 7.51. The summed E-state index contributed by atoms with van der Waals surface area (Å²) in [5, 5.41) is 7.51. The number of aliphatic hydroxyl groups excluding tert-OH is 1. The molecule has 0 fully saturated rings. The molecule has 0 aliphatic heterocycles. The van der Waals surface area contributed by atoms with E-state index in [4.69, 9.17) is 5.11 Å². The van der Waals surface area contributed by atoms with Crippen LogP contribution in [-0.4, -0.2) is 5.11 Å². The Balaban J connectivity index is 2.83. The molecule has 0 unspecified atom stereocenters. The van der Waals surface area contributed by atoms with Crippen molar-refractivity contribution in [2.45, 2.75) is 6.92 Å². The van der Waals surface area contributed by atoms with Crippen LogP contribution in [-0.2, 0) is 0 Å². The third-order valence-corrected chi connectivity index (χ3v) is 0.112. The standard InChI is InChI=1S/C3H4O/c1-2-3-4/h4H,1H3. The Bertz CT molecular complexity index is 40.0. The highest BCUT2D eigenvalue weighted by atomic mass is 16.2. The molecule has 0 atom stereocenters. The summed E-state index contributed by atoms with van der Waals surface area (Å²) < 4.78 is 0. The lowest BCUT2D eigenvalue weighted by molar-refractivity contribution is 0.517. The van der Waals surface area contributed by atoms with E-state index in [-0.39, 0.29) is 0 Å². The van der Waals surface area contributed by atoms with Crippen molar-refractivity contribution >= 4 is 0 Å². The lowest BCUT2D eigenvalue weighted by Gasteiger charge is -1.43. The van der Waals surface area contributed by atoms with Crippen LogP contribution in [0.2, 0.25) is 0 Å². The summed E-state index contributed by atoms with van der Waals surface area (Å²) >= 11 is 0. The minimum absolute atomic E-state index is 1.57. The van der Waals surface area contributed by atoms with E-state index in [1.54, 1.807) is 13.0 Å². The van der Waals surface area contributed by atoms with Crippen molar-refractivity contribution in [3.63, 3.8) is 0 Å². The largest absolute Gasteiger partial charge is 0.462 e. The molecule has 1 N–H and O–H groups in total. The summed E-state index contributed by atoms with van der Waals surface area (Å²) in [6.45, 7) is 1.57. The van der Waals surface area contributed by atoms with Crippen molar-refractivity contribution in [1.82, 2.24) is 0 Å². The third kappa shape index (κ3) is 1.36. The topological polar surface area (TPSA) is 20.2 Å². The van der Waals surface area contributed by atoms with Gasteiger partial charge in [0.1, 0.15) is 6.11 Å². The van der Waals surface area contributed by atoms with E-state index in [0.717, 1.165) is 0 Å². The summed E-state index contributed by atoms with van der Waals surface area (Å²) in [7, 11) is 0. The SMILES string of the molecule is CC#CO. The smallest absolute Gasteiger partial charge is 0.107 e. The predicted molar refractivity (Wildman–Crippen MR) is 15.4 cm³/mol. The van der Waals surface area contributed by atoms with Crippen LogP contribution in [0.25, 0.3) is 0 Å². The summed E-state index contributed by atoms with van der Waals surface area (Å²) in [6.07, 6.45) is 1.68. The zero-order valence-corrected chi connectivity index (χ0v) is 2.45. The molecular weight excluding hydrogens is 52.0 g/mol. The molecule has 0 radical (unpaired) electrons. The zero-order chi connectivity index (χ0) is 3.41. The average Bonchev–Trinajstić information content (AvgIpc) is 1.37. The Morgan fingerprint density at radius 3 is 2.00 bits per heavy atom. The fraction of sp³-hybridized carbons (Fsp3) is 0.333. The van der Waals surface area contributed by atoms with Gasteiger partial charge in [0.15, 0.2) is 0 Å². The van der Waals surface area contributed by atoms with Gasteiger partial charge in [-0.3, -0.25) is 0 Å². The molecule has 0 aliphatic carbocycles. The van der Waals surface area contributed by atoms with Gasteiger partial charge in [-0.2, -0.15) is 0 Å². The molecule has 1 nitrogen and oxygen atoms in total. The normalized spacial score (nSPS) is 3.25. The fourth-order valence-corrected chi connectivity index (χ4v) is 0. The second kappa shape index (κ2) is 2.36. The maximum Gasteiger partial charge on any atom is 0.107 e. The van der Waals surface area contributed by atoms with E-state index in [2.05, 4.69) is 5.92 Å². The minimum Gasteiger partial charge on any atom is -0.462 e. The van der Waals surface area contributed by atoms with Gasteiger partial charge in [0.05, 0.1) is 0 Å². The van der Waals surface area contributed by atoms with Gasteiger partial charge < -0.3 is 5.11 Å². The van der Waals surface area contributed by atoms with Crippen molar-refractivity contribution in [3.05, 3.63) is 0 Å².